The molecule has 24 heavy (non-hydrogen) atoms. The van der Waals surface area contributed by atoms with E-state index in [0.29, 0.717) is 5.75 Å². The first-order valence-corrected chi connectivity index (χ1v) is 8.79. The molecule has 0 unspecified atom stereocenters. The van der Waals surface area contributed by atoms with Crippen molar-refractivity contribution in [1.29, 1.82) is 0 Å². The number of thioether (sulfide) groups is 1. The Morgan fingerprint density at radius 2 is 2.00 bits per heavy atom. The van der Waals surface area contributed by atoms with Crippen molar-refractivity contribution >= 4 is 29.0 Å². The first kappa shape index (κ1) is 18.0. The summed E-state index contributed by atoms with van der Waals surface area (Å²) in [5, 5.41) is 13.7. The number of hydrogen-bond acceptors (Lipinski definition) is 4. The Hall–Kier alpha value is -2.34. The molecule has 0 aliphatic carbocycles. The number of nitro benzene ring substituents is 1. The highest BCUT2D eigenvalue weighted by Gasteiger charge is 2.13. The van der Waals surface area contributed by atoms with E-state index >= 15 is 0 Å². The topological polar surface area (TPSA) is 72.2 Å². The highest BCUT2D eigenvalue weighted by Crippen LogP contribution is 2.30. The molecule has 2 aromatic carbocycles. The predicted molar refractivity (Wildman–Crippen MR) is 98.4 cm³/mol. The summed E-state index contributed by atoms with van der Waals surface area (Å²) in [5.74, 6) is 0.214. The zero-order chi connectivity index (χ0) is 17.5. The zero-order valence-corrected chi connectivity index (χ0v) is 14.5. The molecule has 0 bridgehead atoms. The molecule has 5 nitrogen and oxygen atoms in total. The third-order valence-electron chi connectivity index (χ3n) is 3.63. The van der Waals surface area contributed by atoms with Gasteiger partial charge in [-0.1, -0.05) is 31.2 Å². The number of carbonyl (C=O) groups is 1. The van der Waals surface area contributed by atoms with Gasteiger partial charge in [-0.15, -0.1) is 11.8 Å². The van der Waals surface area contributed by atoms with Crippen LogP contribution in [0.5, 0.6) is 0 Å². The number of nitrogens with zero attached hydrogens (tertiary/aromatic N) is 1. The maximum Gasteiger partial charge on any atom is 0.269 e. The number of hydrogen-bond donors (Lipinski definition) is 1. The van der Waals surface area contributed by atoms with Crippen molar-refractivity contribution in [2.45, 2.75) is 25.5 Å². The van der Waals surface area contributed by atoms with E-state index in [2.05, 4.69) is 12.2 Å². The van der Waals surface area contributed by atoms with Crippen LogP contribution in [0.4, 0.5) is 11.4 Å². The standard InChI is InChI=1S/C18H20N2O3S/c1-3-14-6-4-8-16(10-14)19-18(21)12-24-13(2)15-7-5-9-17(11-15)20(22)23/h4-11,13H,3,12H2,1-2H3,(H,19,21)/t13-/m1/s1. The van der Waals surface area contributed by atoms with Crippen LogP contribution in [0.2, 0.25) is 0 Å². The molecule has 126 valence electrons. The van der Waals surface area contributed by atoms with Gasteiger partial charge in [0.15, 0.2) is 0 Å². The van der Waals surface area contributed by atoms with Crippen molar-refractivity contribution in [3.8, 4) is 0 Å². The molecule has 1 amide bonds. The lowest BCUT2D eigenvalue weighted by Crippen LogP contribution is -2.14. The number of anilines is 1. The molecule has 0 heterocycles. The highest BCUT2D eigenvalue weighted by atomic mass is 32.2. The fourth-order valence-electron chi connectivity index (χ4n) is 2.25. The summed E-state index contributed by atoms with van der Waals surface area (Å²) in [4.78, 5) is 22.5. The SMILES string of the molecule is CCc1cccc(NC(=O)CS[C@H](C)c2cccc([N+](=O)[O-])c2)c1. The van der Waals surface area contributed by atoms with Gasteiger partial charge in [-0.05, 0) is 36.6 Å². The van der Waals surface area contributed by atoms with Crippen molar-refractivity contribution in [2.75, 3.05) is 11.1 Å². The van der Waals surface area contributed by atoms with Gasteiger partial charge in [-0.2, -0.15) is 0 Å². The maximum atomic E-state index is 12.1. The molecule has 0 fully saturated rings. The molecule has 1 N–H and O–H groups in total. The molecule has 2 rings (SSSR count). The zero-order valence-electron chi connectivity index (χ0n) is 13.7. The Labute approximate surface area is 145 Å². The van der Waals surface area contributed by atoms with E-state index in [-0.39, 0.29) is 16.8 Å². The van der Waals surface area contributed by atoms with Crippen LogP contribution in [0.1, 0.15) is 30.2 Å². The highest BCUT2D eigenvalue weighted by molar-refractivity contribution is 8.00. The Kier molecular flexibility index (Phi) is 6.37. The third kappa shape index (κ3) is 5.09. The number of nitro groups is 1. The van der Waals surface area contributed by atoms with Gasteiger partial charge in [0.25, 0.3) is 5.69 Å². The third-order valence-corrected chi connectivity index (χ3v) is 4.83. The largest absolute Gasteiger partial charge is 0.325 e. The Morgan fingerprint density at radius 1 is 1.25 bits per heavy atom. The van der Waals surface area contributed by atoms with Crippen molar-refractivity contribution in [3.05, 3.63) is 69.8 Å². The second-order valence-electron chi connectivity index (χ2n) is 5.41. The molecular formula is C18H20N2O3S. The Balaban J connectivity index is 1.91. The van der Waals surface area contributed by atoms with E-state index in [4.69, 9.17) is 0 Å². The summed E-state index contributed by atoms with van der Waals surface area (Å²) in [6, 6.07) is 14.3. The van der Waals surface area contributed by atoms with Crippen molar-refractivity contribution < 1.29 is 9.72 Å². The van der Waals surface area contributed by atoms with Crippen LogP contribution in [0.15, 0.2) is 48.5 Å². The second-order valence-corrected chi connectivity index (χ2v) is 6.74. The van der Waals surface area contributed by atoms with Crippen molar-refractivity contribution in [1.82, 2.24) is 0 Å². The number of rotatable bonds is 7. The van der Waals surface area contributed by atoms with Gasteiger partial charge in [-0.3, -0.25) is 14.9 Å². The number of amides is 1. The van der Waals surface area contributed by atoms with Gasteiger partial charge >= 0.3 is 0 Å². The molecule has 6 heteroatoms. The van der Waals surface area contributed by atoms with E-state index in [0.717, 1.165) is 17.7 Å². The quantitative estimate of drug-likeness (QED) is 0.589. The number of carbonyl (C=O) groups excluding carboxylic acids is 1. The molecule has 0 spiro atoms. The summed E-state index contributed by atoms with van der Waals surface area (Å²) in [6.07, 6.45) is 0.919. The van der Waals surface area contributed by atoms with E-state index in [1.54, 1.807) is 12.1 Å². The van der Waals surface area contributed by atoms with Gasteiger partial charge in [0, 0.05) is 23.1 Å². The van der Waals surface area contributed by atoms with Crippen LogP contribution in [0.3, 0.4) is 0 Å². The molecule has 2 aromatic rings. The fourth-order valence-corrected chi connectivity index (χ4v) is 3.07. The molecule has 0 saturated heterocycles. The normalized spacial score (nSPS) is 11.8. The lowest BCUT2D eigenvalue weighted by molar-refractivity contribution is -0.384. The minimum Gasteiger partial charge on any atom is -0.325 e. The first-order chi connectivity index (χ1) is 11.5. The second kappa shape index (κ2) is 8.49. The summed E-state index contributed by atoms with van der Waals surface area (Å²) >= 11 is 1.45. The number of aryl methyl sites for hydroxylation is 1. The minimum absolute atomic E-state index is 0.00220. The minimum atomic E-state index is -0.408. The molecule has 0 aliphatic heterocycles. The van der Waals surface area contributed by atoms with Crippen molar-refractivity contribution in [2.24, 2.45) is 0 Å². The fraction of sp³-hybridized carbons (Fsp3) is 0.278. The number of nitrogens with one attached hydrogen (secondary N) is 1. The predicted octanol–water partition coefficient (Wildman–Crippen LogP) is 4.59. The monoisotopic (exact) mass is 344 g/mol. The lowest BCUT2D eigenvalue weighted by Gasteiger charge is -2.12. The maximum absolute atomic E-state index is 12.1. The van der Waals surface area contributed by atoms with Crippen LogP contribution >= 0.6 is 11.8 Å². The van der Waals surface area contributed by atoms with Crippen LogP contribution in [0, 0.1) is 10.1 Å². The van der Waals surface area contributed by atoms with Crippen LogP contribution in [-0.2, 0) is 11.2 Å². The number of non-ortho nitro benzene ring substituents is 1. The van der Waals surface area contributed by atoms with Crippen molar-refractivity contribution in [3.63, 3.8) is 0 Å². The molecule has 0 radical (unpaired) electrons. The summed E-state index contributed by atoms with van der Waals surface area (Å²) in [7, 11) is 0. The van der Waals surface area contributed by atoms with Crippen LogP contribution in [-0.4, -0.2) is 16.6 Å². The Morgan fingerprint density at radius 3 is 2.71 bits per heavy atom. The lowest BCUT2D eigenvalue weighted by atomic mass is 10.1. The smallest absolute Gasteiger partial charge is 0.269 e. The summed E-state index contributed by atoms with van der Waals surface area (Å²) < 4.78 is 0. The van der Waals surface area contributed by atoms with Gasteiger partial charge in [0.1, 0.15) is 0 Å². The van der Waals surface area contributed by atoms with E-state index in [1.807, 2.05) is 37.3 Å². The van der Waals surface area contributed by atoms with Gasteiger partial charge in [0.2, 0.25) is 5.91 Å². The molecular weight excluding hydrogens is 324 g/mol. The Bertz CT molecular complexity index is 734. The average Bonchev–Trinajstić information content (AvgIpc) is 2.60. The van der Waals surface area contributed by atoms with Gasteiger partial charge in [-0.25, -0.2) is 0 Å². The van der Waals surface area contributed by atoms with Gasteiger partial charge in [0.05, 0.1) is 10.7 Å². The van der Waals surface area contributed by atoms with E-state index in [9.17, 15) is 14.9 Å². The van der Waals surface area contributed by atoms with E-state index < -0.39 is 4.92 Å². The summed E-state index contributed by atoms with van der Waals surface area (Å²) in [5.41, 5.74) is 2.88. The van der Waals surface area contributed by atoms with Gasteiger partial charge < -0.3 is 5.32 Å². The van der Waals surface area contributed by atoms with Crippen LogP contribution in [0.25, 0.3) is 0 Å². The molecule has 0 aliphatic rings. The van der Waals surface area contributed by atoms with E-state index in [1.165, 1.54) is 23.4 Å². The molecule has 0 aromatic heterocycles. The molecule has 0 saturated carbocycles. The van der Waals surface area contributed by atoms with Crippen LogP contribution < -0.4 is 5.32 Å². The average molecular weight is 344 g/mol. The summed E-state index contributed by atoms with van der Waals surface area (Å²) in [6.45, 7) is 4.01. The molecule has 1 atom stereocenters. The number of benzene rings is 2. The first-order valence-electron chi connectivity index (χ1n) is 7.74.